The molecule has 9 heteroatoms. The van der Waals surface area contributed by atoms with E-state index in [1.54, 1.807) is 24.3 Å². The van der Waals surface area contributed by atoms with Crippen LogP contribution in [-0.2, 0) is 19.6 Å². The van der Waals surface area contributed by atoms with Gasteiger partial charge in [-0.15, -0.1) is 11.3 Å². The van der Waals surface area contributed by atoms with Gasteiger partial charge in [-0.3, -0.25) is 4.79 Å². The van der Waals surface area contributed by atoms with Crippen molar-refractivity contribution in [1.29, 1.82) is 0 Å². The Balaban J connectivity index is 2.05. The van der Waals surface area contributed by atoms with Gasteiger partial charge < -0.3 is 9.84 Å². The van der Waals surface area contributed by atoms with E-state index >= 15 is 0 Å². The monoisotopic (exact) mass is 383 g/mol. The summed E-state index contributed by atoms with van der Waals surface area (Å²) >= 11 is 1.08. The highest BCUT2D eigenvalue weighted by Gasteiger charge is 2.36. The Bertz CT molecular complexity index is 925. The number of hydrogen-bond acceptors (Lipinski definition) is 6. The number of carbonyl (C=O) groups is 2. The fourth-order valence-electron chi connectivity index (χ4n) is 2.98. The molecule has 2 heterocycles. The van der Waals surface area contributed by atoms with E-state index in [1.165, 1.54) is 11.4 Å². The number of methoxy groups -OCH3 is 1. The summed E-state index contributed by atoms with van der Waals surface area (Å²) in [6, 6.07) is 6.90. The molecule has 2 aromatic rings. The third-order valence-electron chi connectivity index (χ3n) is 4.32. The van der Waals surface area contributed by atoms with Crippen LogP contribution in [0.15, 0.2) is 29.2 Å². The van der Waals surface area contributed by atoms with Crippen LogP contribution in [0.2, 0.25) is 0 Å². The number of fused-ring (bicyclic) bond motifs is 1. The van der Waals surface area contributed by atoms with Crippen molar-refractivity contribution in [3.05, 3.63) is 29.1 Å². The van der Waals surface area contributed by atoms with E-state index < -0.39 is 27.9 Å². The van der Waals surface area contributed by atoms with Crippen molar-refractivity contribution in [1.82, 2.24) is 4.31 Å². The van der Waals surface area contributed by atoms with E-state index in [9.17, 15) is 18.0 Å². The average molecular weight is 383 g/mol. The zero-order valence-electron chi connectivity index (χ0n) is 13.5. The quantitative estimate of drug-likeness (QED) is 0.812. The lowest BCUT2D eigenvalue weighted by molar-refractivity contribution is -0.142. The topological polar surface area (TPSA) is 101 Å². The summed E-state index contributed by atoms with van der Waals surface area (Å²) < 4.78 is 33.0. The summed E-state index contributed by atoms with van der Waals surface area (Å²) in [4.78, 5) is 23.2. The molecule has 1 aliphatic rings. The molecule has 7 nitrogen and oxygen atoms in total. The molecule has 0 saturated carbocycles. The van der Waals surface area contributed by atoms with Crippen LogP contribution in [0, 0.1) is 5.92 Å². The minimum Gasteiger partial charge on any atom is -0.481 e. The Labute approximate surface area is 148 Å². The van der Waals surface area contributed by atoms with Crippen LogP contribution < -0.4 is 0 Å². The molecule has 1 N–H and O–H groups in total. The molecule has 0 atom stereocenters. The van der Waals surface area contributed by atoms with Crippen molar-refractivity contribution in [2.75, 3.05) is 20.2 Å². The molecule has 0 bridgehead atoms. The highest BCUT2D eigenvalue weighted by molar-refractivity contribution is 7.89. The molecule has 1 aliphatic heterocycles. The van der Waals surface area contributed by atoms with Gasteiger partial charge in [-0.05, 0) is 18.9 Å². The summed E-state index contributed by atoms with van der Waals surface area (Å²) in [5, 5.41) is 9.55. The molecular formula is C16H17NO6S2. The molecule has 0 aliphatic carbocycles. The van der Waals surface area contributed by atoms with Gasteiger partial charge in [0.25, 0.3) is 0 Å². The van der Waals surface area contributed by atoms with Crippen molar-refractivity contribution in [2.45, 2.75) is 17.7 Å². The summed E-state index contributed by atoms with van der Waals surface area (Å²) in [6.45, 7) is 0.230. The van der Waals surface area contributed by atoms with Gasteiger partial charge in [-0.1, -0.05) is 18.2 Å². The number of carbonyl (C=O) groups excluding carboxylic acids is 1. The van der Waals surface area contributed by atoms with Crippen LogP contribution in [-0.4, -0.2) is 50.0 Å². The number of sulfonamides is 1. The molecule has 1 aromatic heterocycles. The number of carboxylic acids is 1. The van der Waals surface area contributed by atoms with Gasteiger partial charge in [0.05, 0.1) is 13.0 Å². The number of piperidine rings is 1. The van der Waals surface area contributed by atoms with Crippen LogP contribution >= 0.6 is 11.3 Å². The third kappa shape index (κ3) is 3.14. The van der Waals surface area contributed by atoms with Crippen LogP contribution in [0.4, 0.5) is 0 Å². The van der Waals surface area contributed by atoms with Crippen molar-refractivity contribution in [3.8, 4) is 0 Å². The van der Waals surface area contributed by atoms with Gasteiger partial charge in [0.15, 0.2) is 0 Å². The second-order valence-corrected chi connectivity index (χ2v) is 8.69. The molecule has 0 spiro atoms. The molecule has 134 valence electrons. The average Bonchev–Trinajstić information content (AvgIpc) is 3.01. The number of thiophene rings is 1. The third-order valence-corrected chi connectivity index (χ3v) is 7.59. The molecule has 0 unspecified atom stereocenters. The van der Waals surface area contributed by atoms with Crippen LogP contribution in [0.3, 0.4) is 0 Å². The number of benzene rings is 1. The number of aliphatic carboxylic acids is 1. The van der Waals surface area contributed by atoms with E-state index in [-0.39, 0.29) is 35.7 Å². The first-order valence-corrected chi connectivity index (χ1v) is 9.94. The zero-order chi connectivity index (χ0) is 18.2. The minimum atomic E-state index is -3.93. The predicted molar refractivity (Wildman–Crippen MR) is 92.3 cm³/mol. The highest BCUT2D eigenvalue weighted by Crippen LogP contribution is 2.37. The van der Waals surface area contributed by atoms with Crippen LogP contribution in [0.5, 0.6) is 0 Å². The number of esters is 1. The molecular weight excluding hydrogens is 366 g/mol. The lowest BCUT2D eigenvalue weighted by atomic mass is 9.99. The lowest BCUT2D eigenvalue weighted by Crippen LogP contribution is -2.40. The van der Waals surface area contributed by atoms with E-state index in [1.807, 2.05) is 0 Å². The standard InChI is InChI=1S/C16H17NO6S2/c1-23-16(20)13-14(11-4-2-3-5-12(11)24-13)25(21,22)17-8-6-10(7-9-17)15(18)19/h2-5,10H,6-9H2,1H3,(H,18,19). The number of ether oxygens (including phenoxy) is 1. The molecule has 1 aromatic carbocycles. The SMILES string of the molecule is COC(=O)c1sc2ccccc2c1S(=O)(=O)N1CCC(C(=O)O)CC1. The van der Waals surface area contributed by atoms with Crippen LogP contribution in [0.25, 0.3) is 10.1 Å². The maximum Gasteiger partial charge on any atom is 0.349 e. The molecule has 25 heavy (non-hydrogen) atoms. The molecule has 3 rings (SSSR count). The first kappa shape index (κ1) is 17.8. The Hall–Kier alpha value is -1.97. The minimum absolute atomic E-state index is 0.0454. The Morgan fingerprint density at radius 1 is 1.24 bits per heavy atom. The second kappa shape index (κ2) is 6.74. The first-order chi connectivity index (χ1) is 11.9. The number of carboxylic acid groups (broad SMARTS) is 1. The van der Waals surface area contributed by atoms with E-state index in [0.29, 0.717) is 10.1 Å². The Morgan fingerprint density at radius 2 is 1.88 bits per heavy atom. The van der Waals surface area contributed by atoms with Gasteiger partial charge >= 0.3 is 11.9 Å². The number of hydrogen-bond donors (Lipinski definition) is 1. The Kier molecular flexibility index (Phi) is 4.81. The molecule has 0 radical (unpaired) electrons. The number of rotatable bonds is 4. The van der Waals surface area contributed by atoms with Crippen LogP contribution in [0.1, 0.15) is 22.5 Å². The van der Waals surface area contributed by atoms with Gasteiger partial charge in [-0.2, -0.15) is 4.31 Å². The molecule has 1 fully saturated rings. The van der Waals surface area contributed by atoms with Gasteiger partial charge in [-0.25, -0.2) is 13.2 Å². The lowest BCUT2D eigenvalue weighted by Gasteiger charge is -2.29. The predicted octanol–water partition coefficient (Wildman–Crippen LogP) is 2.17. The van der Waals surface area contributed by atoms with Gasteiger partial charge in [0, 0.05) is 23.2 Å². The largest absolute Gasteiger partial charge is 0.481 e. The van der Waals surface area contributed by atoms with E-state index in [4.69, 9.17) is 9.84 Å². The normalized spacial score (nSPS) is 16.8. The maximum absolute atomic E-state index is 13.2. The van der Waals surface area contributed by atoms with Gasteiger partial charge in [0.2, 0.25) is 10.0 Å². The van der Waals surface area contributed by atoms with E-state index in [0.717, 1.165) is 11.3 Å². The summed E-state index contributed by atoms with van der Waals surface area (Å²) in [6.07, 6.45) is 0.508. The van der Waals surface area contributed by atoms with Crippen molar-refractivity contribution in [3.63, 3.8) is 0 Å². The smallest absolute Gasteiger partial charge is 0.349 e. The highest BCUT2D eigenvalue weighted by atomic mass is 32.2. The van der Waals surface area contributed by atoms with Crippen molar-refractivity contribution in [2.24, 2.45) is 5.92 Å². The van der Waals surface area contributed by atoms with Crippen molar-refractivity contribution < 1.29 is 27.9 Å². The van der Waals surface area contributed by atoms with Gasteiger partial charge in [0.1, 0.15) is 9.77 Å². The zero-order valence-corrected chi connectivity index (χ0v) is 15.1. The summed E-state index contributed by atoms with van der Waals surface area (Å²) in [5.74, 6) is -2.14. The molecule has 0 amide bonds. The summed E-state index contributed by atoms with van der Waals surface area (Å²) in [5.41, 5.74) is 0. The summed E-state index contributed by atoms with van der Waals surface area (Å²) in [7, 11) is -2.72. The van der Waals surface area contributed by atoms with E-state index in [2.05, 4.69) is 0 Å². The second-order valence-electron chi connectivity index (χ2n) is 5.76. The first-order valence-electron chi connectivity index (χ1n) is 7.69. The fraction of sp³-hybridized carbons (Fsp3) is 0.375. The van der Waals surface area contributed by atoms with Crippen molar-refractivity contribution >= 4 is 43.4 Å². The Morgan fingerprint density at radius 3 is 2.48 bits per heavy atom. The number of nitrogens with zero attached hydrogens (tertiary/aromatic N) is 1. The fourth-order valence-corrected chi connectivity index (χ4v) is 6.22. The molecule has 1 saturated heterocycles. The maximum atomic E-state index is 13.2.